The topological polar surface area (TPSA) is 75.3 Å². The molecule has 146 valence electrons. The molecule has 0 atom stereocenters. The summed E-state index contributed by atoms with van der Waals surface area (Å²) in [4.78, 5) is 34.4. The number of aromatic nitrogens is 2. The van der Waals surface area contributed by atoms with Crippen LogP contribution in [-0.2, 0) is 6.54 Å². The van der Waals surface area contributed by atoms with Gasteiger partial charge in [0.1, 0.15) is 11.4 Å². The lowest BCUT2D eigenvalue weighted by molar-refractivity contribution is 0.0552. The predicted octanol–water partition coefficient (Wildman–Crippen LogP) is 3.76. The van der Waals surface area contributed by atoms with Gasteiger partial charge in [-0.2, -0.15) is 0 Å². The fraction of sp³-hybridized carbons (Fsp3) is 0.318. The Morgan fingerprint density at radius 1 is 1.18 bits per heavy atom. The summed E-state index contributed by atoms with van der Waals surface area (Å²) in [7, 11) is 0. The number of rotatable bonds is 5. The zero-order valence-corrected chi connectivity index (χ0v) is 16.7. The van der Waals surface area contributed by atoms with Crippen LogP contribution in [-0.4, -0.2) is 32.9 Å². The summed E-state index contributed by atoms with van der Waals surface area (Å²) in [5.74, 6) is 0.529. The highest BCUT2D eigenvalue weighted by Gasteiger charge is 2.29. The lowest BCUT2D eigenvalue weighted by Gasteiger charge is -2.35. The van der Waals surface area contributed by atoms with Crippen molar-refractivity contribution in [3.05, 3.63) is 70.3 Å². The van der Waals surface area contributed by atoms with Gasteiger partial charge in [0.25, 0.3) is 11.5 Å². The van der Waals surface area contributed by atoms with Crippen LogP contribution in [0.15, 0.2) is 53.5 Å². The molecule has 1 amide bonds. The highest BCUT2D eigenvalue weighted by molar-refractivity contribution is 5.92. The van der Waals surface area contributed by atoms with Crippen LogP contribution < -0.4 is 10.3 Å². The van der Waals surface area contributed by atoms with Crippen LogP contribution in [0.1, 0.15) is 43.7 Å². The molecule has 0 aliphatic heterocycles. The lowest BCUT2D eigenvalue weighted by atomic mass is 10.0. The molecule has 28 heavy (non-hydrogen) atoms. The fourth-order valence-corrected chi connectivity index (χ4v) is 3.02. The zero-order chi connectivity index (χ0) is 20.3. The van der Waals surface area contributed by atoms with Gasteiger partial charge in [-0.05, 0) is 64.1 Å². The standard InChI is InChI=1S/C22H25N3O3/c1-5-28-17-9-10-18-15(13-17)12-16(20(26)24-18)14-25(22(2,3)4)21(27)19-8-6-7-11-23-19/h6-13H,5,14H2,1-4H3,(H,24,26). The van der Waals surface area contributed by atoms with Crippen molar-refractivity contribution in [2.24, 2.45) is 0 Å². The average molecular weight is 379 g/mol. The van der Waals surface area contributed by atoms with Crippen LogP contribution in [0.2, 0.25) is 0 Å². The van der Waals surface area contributed by atoms with E-state index in [0.717, 1.165) is 16.7 Å². The molecule has 0 radical (unpaired) electrons. The van der Waals surface area contributed by atoms with Gasteiger partial charge in [0.05, 0.1) is 13.2 Å². The number of carbonyl (C=O) groups excluding carboxylic acids is 1. The Morgan fingerprint density at radius 2 is 1.96 bits per heavy atom. The number of nitrogens with one attached hydrogen (secondary N) is 1. The highest BCUT2D eigenvalue weighted by atomic mass is 16.5. The van der Waals surface area contributed by atoms with Gasteiger partial charge >= 0.3 is 0 Å². The normalized spacial score (nSPS) is 11.4. The van der Waals surface area contributed by atoms with Crippen molar-refractivity contribution in [3.8, 4) is 5.75 Å². The number of aromatic amines is 1. The van der Waals surface area contributed by atoms with Gasteiger partial charge in [-0.1, -0.05) is 6.07 Å². The first kappa shape index (κ1) is 19.6. The first-order valence-corrected chi connectivity index (χ1v) is 9.31. The van der Waals surface area contributed by atoms with E-state index >= 15 is 0 Å². The van der Waals surface area contributed by atoms with E-state index < -0.39 is 5.54 Å². The monoisotopic (exact) mass is 379 g/mol. The Labute approximate surface area is 164 Å². The van der Waals surface area contributed by atoms with Crippen LogP contribution >= 0.6 is 0 Å². The first-order valence-electron chi connectivity index (χ1n) is 9.31. The van der Waals surface area contributed by atoms with Gasteiger partial charge < -0.3 is 14.6 Å². The second-order valence-corrected chi connectivity index (χ2v) is 7.58. The largest absolute Gasteiger partial charge is 0.494 e. The Bertz CT molecular complexity index is 1040. The lowest BCUT2D eigenvalue weighted by Crippen LogP contribution is -2.46. The number of nitrogens with zero attached hydrogens (tertiary/aromatic N) is 2. The Hall–Kier alpha value is -3.15. The summed E-state index contributed by atoms with van der Waals surface area (Å²) in [5, 5.41) is 0.861. The van der Waals surface area contributed by atoms with E-state index in [0.29, 0.717) is 17.9 Å². The van der Waals surface area contributed by atoms with Gasteiger partial charge in [0.15, 0.2) is 0 Å². The number of amides is 1. The van der Waals surface area contributed by atoms with Crippen molar-refractivity contribution in [2.45, 2.75) is 39.8 Å². The van der Waals surface area contributed by atoms with Crippen molar-refractivity contribution < 1.29 is 9.53 Å². The maximum absolute atomic E-state index is 13.0. The SMILES string of the molecule is CCOc1ccc2[nH]c(=O)c(CN(C(=O)c3ccccn3)C(C)(C)C)cc2c1. The van der Waals surface area contributed by atoms with Gasteiger partial charge in [-0.25, -0.2) is 0 Å². The molecule has 6 nitrogen and oxygen atoms in total. The number of carbonyl (C=O) groups is 1. The van der Waals surface area contributed by atoms with E-state index in [-0.39, 0.29) is 18.0 Å². The van der Waals surface area contributed by atoms with E-state index in [1.54, 1.807) is 29.3 Å². The number of hydrogen-bond acceptors (Lipinski definition) is 4. The van der Waals surface area contributed by atoms with Gasteiger partial charge in [0.2, 0.25) is 0 Å². The Balaban J connectivity index is 2.00. The maximum atomic E-state index is 13.0. The maximum Gasteiger partial charge on any atom is 0.273 e. The second kappa shape index (κ2) is 7.84. The molecule has 0 aliphatic carbocycles. The smallest absolute Gasteiger partial charge is 0.273 e. The molecule has 3 rings (SSSR count). The van der Waals surface area contributed by atoms with Crippen LogP contribution in [0.5, 0.6) is 5.75 Å². The summed E-state index contributed by atoms with van der Waals surface area (Å²) in [6.45, 7) is 8.50. The number of ether oxygens (including phenoxy) is 1. The summed E-state index contributed by atoms with van der Waals surface area (Å²) in [6.07, 6.45) is 1.59. The number of H-pyrrole nitrogens is 1. The number of fused-ring (bicyclic) bond motifs is 1. The molecule has 6 heteroatoms. The quantitative estimate of drug-likeness (QED) is 0.732. The molecule has 3 aromatic rings. The average Bonchev–Trinajstić information content (AvgIpc) is 2.66. The van der Waals surface area contributed by atoms with Gasteiger partial charge in [-0.15, -0.1) is 0 Å². The molecule has 2 aromatic heterocycles. The molecule has 0 bridgehead atoms. The summed E-state index contributed by atoms with van der Waals surface area (Å²) < 4.78 is 5.55. The van der Waals surface area contributed by atoms with Crippen molar-refractivity contribution in [1.29, 1.82) is 0 Å². The van der Waals surface area contributed by atoms with Crippen molar-refractivity contribution in [2.75, 3.05) is 6.61 Å². The van der Waals surface area contributed by atoms with E-state index in [9.17, 15) is 9.59 Å². The van der Waals surface area contributed by atoms with Crippen LogP contribution in [0.25, 0.3) is 10.9 Å². The van der Waals surface area contributed by atoms with Crippen molar-refractivity contribution in [1.82, 2.24) is 14.9 Å². The molecule has 0 unspecified atom stereocenters. The molecular formula is C22H25N3O3. The summed E-state index contributed by atoms with van der Waals surface area (Å²) >= 11 is 0. The molecule has 0 saturated carbocycles. The number of pyridine rings is 2. The zero-order valence-electron chi connectivity index (χ0n) is 16.7. The molecule has 2 heterocycles. The summed E-state index contributed by atoms with van der Waals surface area (Å²) in [5.41, 5.74) is 0.910. The van der Waals surface area contributed by atoms with Crippen LogP contribution in [0.3, 0.4) is 0 Å². The van der Waals surface area contributed by atoms with Crippen LogP contribution in [0.4, 0.5) is 0 Å². The third-order valence-electron chi connectivity index (χ3n) is 4.47. The van der Waals surface area contributed by atoms with E-state index in [2.05, 4.69) is 9.97 Å². The minimum atomic E-state index is -0.483. The fourth-order valence-electron chi connectivity index (χ4n) is 3.02. The minimum Gasteiger partial charge on any atom is -0.494 e. The van der Waals surface area contributed by atoms with Gasteiger partial charge in [0, 0.05) is 28.2 Å². The molecule has 1 N–H and O–H groups in total. The third-order valence-corrected chi connectivity index (χ3v) is 4.47. The van der Waals surface area contributed by atoms with Gasteiger partial charge in [-0.3, -0.25) is 14.6 Å². The molecule has 0 fully saturated rings. The van der Waals surface area contributed by atoms with E-state index in [4.69, 9.17) is 4.74 Å². The Kier molecular flexibility index (Phi) is 5.49. The predicted molar refractivity (Wildman–Crippen MR) is 110 cm³/mol. The van der Waals surface area contributed by atoms with Crippen LogP contribution in [0, 0.1) is 0 Å². The second-order valence-electron chi connectivity index (χ2n) is 7.58. The molecule has 0 saturated heterocycles. The molecular weight excluding hydrogens is 354 g/mol. The Morgan fingerprint density at radius 3 is 2.61 bits per heavy atom. The molecule has 0 spiro atoms. The third kappa shape index (κ3) is 4.22. The number of benzene rings is 1. The highest BCUT2D eigenvalue weighted by Crippen LogP contribution is 2.22. The van der Waals surface area contributed by atoms with E-state index in [1.807, 2.05) is 52.0 Å². The number of hydrogen-bond donors (Lipinski definition) is 1. The summed E-state index contributed by atoms with van der Waals surface area (Å²) in [6, 6.07) is 12.6. The van der Waals surface area contributed by atoms with Crippen molar-refractivity contribution >= 4 is 16.8 Å². The van der Waals surface area contributed by atoms with Crippen molar-refractivity contribution in [3.63, 3.8) is 0 Å². The first-order chi connectivity index (χ1) is 13.3. The molecule has 1 aromatic carbocycles. The minimum absolute atomic E-state index is 0.184. The molecule has 0 aliphatic rings. The van der Waals surface area contributed by atoms with E-state index in [1.165, 1.54) is 0 Å².